The van der Waals surface area contributed by atoms with Crippen molar-refractivity contribution in [3.8, 4) is 0 Å². The molecule has 5 rings (SSSR count). The third kappa shape index (κ3) is 21.0. The van der Waals surface area contributed by atoms with Crippen LogP contribution in [0.2, 0.25) is 5.02 Å². The molecule has 8 atom stereocenters. The van der Waals surface area contributed by atoms with Crippen LogP contribution in [0.4, 0.5) is 13.2 Å². The molecule has 1 spiro atoms. The number of benzene rings is 1. The number of alkyl halides is 3. The van der Waals surface area contributed by atoms with Crippen LogP contribution in [0.5, 0.6) is 0 Å². The Labute approximate surface area is 576 Å². The van der Waals surface area contributed by atoms with Crippen molar-refractivity contribution in [2.24, 2.45) is 23.7 Å². The first-order valence-electron chi connectivity index (χ1n) is 34.5. The smallest absolute Gasteiger partial charge is 0.343 e. The molecule has 4 aliphatic rings. The largest absolute Gasteiger partial charge is 0.417 e. The van der Waals surface area contributed by atoms with E-state index in [1.165, 1.54) is 89.0 Å². The van der Waals surface area contributed by atoms with Crippen LogP contribution in [-0.4, -0.2) is 252 Å². The molecule has 0 radical (unpaired) electrons. The Bertz CT molecular complexity index is 2990. The molecule has 3 N–H and O–H groups in total. The van der Waals surface area contributed by atoms with Crippen LogP contribution in [0.3, 0.4) is 0 Å². The van der Waals surface area contributed by atoms with E-state index in [-0.39, 0.29) is 55.9 Å². The Morgan fingerprint density at radius 3 is 1.78 bits per heavy atom. The quantitative estimate of drug-likeness (QED) is 0.253. The number of nitrogens with zero attached hydrogens (tertiary/aromatic N) is 9. The molecule has 2 heterocycles. The lowest BCUT2D eigenvalue weighted by atomic mass is 9.84. The molecule has 2 aliphatic heterocycles. The molecule has 0 aromatic heterocycles. The summed E-state index contributed by atoms with van der Waals surface area (Å²) in [6, 6.07) is -5.96. The summed E-state index contributed by atoms with van der Waals surface area (Å²) in [5.41, 5.74) is -2.42. The van der Waals surface area contributed by atoms with Crippen molar-refractivity contribution in [1.29, 1.82) is 0 Å². The summed E-state index contributed by atoms with van der Waals surface area (Å²) in [4.78, 5) is 188. The minimum Gasteiger partial charge on any atom is -0.343 e. The van der Waals surface area contributed by atoms with E-state index in [0.29, 0.717) is 45.2 Å². The molecule has 12 amide bonds. The summed E-state index contributed by atoms with van der Waals surface area (Å²) in [5.74, 6) is -9.47. The molecule has 1 aromatic carbocycles. The second kappa shape index (κ2) is 35.6. The monoisotopic (exact) mass is 1390 g/mol. The molecular formula is C69H108ClF3N12O12. The van der Waals surface area contributed by atoms with Crippen LogP contribution in [-0.2, 0) is 70.1 Å². The molecule has 2 aliphatic carbocycles. The van der Waals surface area contributed by atoms with Gasteiger partial charge in [-0.25, -0.2) is 0 Å². The van der Waals surface area contributed by atoms with Gasteiger partial charge in [0.1, 0.15) is 47.8 Å². The Morgan fingerprint density at radius 1 is 0.639 bits per heavy atom. The van der Waals surface area contributed by atoms with Crippen molar-refractivity contribution in [1.82, 2.24) is 60.0 Å². The molecule has 0 unspecified atom stereocenters. The number of piperidine rings is 1. The highest BCUT2D eigenvalue weighted by molar-refractivity contribution is 6.31. The van der Waals surface area contributed by atoms with Gasteiger partial charge >= 0.3 is 6.18 Å². The van der Waals surface area contributed by atoms with E-state index < -0.39 is 173 Å². The molecule has 1 aromatic rings. The number of nitrogens with one attached hydrogen (secondary N) is 3. The minimum atomic E-state index is -4.76. The normalized spacial score (nSPS) is 25.8. The van der Waals surface area contributed by atoms with E-state index in [0.717, 1.165) is 70.3 Å². The number of carbonyl (C=O) groups is 12. The Hall–Kier alpha value is -7.06. The number of amides is 12. The Morgan fingerprint density at radius 2 is 1.22 bits per heavy atom. The second-order valence-electron chi connectivity index (χ2n) is 28.5. The maximum atomic E-state index is 15.3. The predicted molar refractivity (Wildman–Crippen MR) is 359 cm³/mol. The van der Waals surface area contributed by atoms with Gasteiger partial charge < -0.3 is 60.0 Å². The maximum Gasteiger partial charge on any atom is 0.417 e. The average molecular weight is 1390 g/mol. The van der Waals surface area contributed by atoms with Crippen LogP contribution in [0.1, 0.15) is 169 Å². The molecule has 4 fully saturated rings. The molecule has 0 bridgehead atoms. The number of hydrogen-bond donors (Lipinski definition) is 3. The van der Waals surface area contributed by atoms with Gasteiger partial charge in [0.05, 0.1) is 36.6 Å². The van der Waals surface area contributed by atoms with Crippen molar-refractivity contribution >= 4 is 82.5 Å². The fourth-order valence-corrected chi connectivity index (χ4v) is 14.1. The van der Waals surface area contributed by atoms with E-state index in [4.69, 9.17) is 11.6 Å². The van der Waals surface area contributed by atoms with Gasteiger partial charge in [0.25, 0.3) is 0 Å². The number of hydrogen-bond acceptors (Lipinski definition) is 12. The van der Waals surface area contributed by atoms with Gasteiger partial charge in [-0.05, 0) is 106 Å². The van der Waals surface area contributed by atoms with Gasteiger partial charge in [0.2, 0.25) is 70.9 Å². The first kappa shape index (κ1) is 80.6. The lowest BCUT2D eigenvalue weighted by Gasteiger charge is -2.42. The number of likely N-dealkylation sites (tertiary alicyclic amines) is 1. The van der Waals surface area contributed by atoms with Gasteiger partial charge in [-0.15, -0.1) is 0 Å². The highest BCUT2D eigenvalue weighted by Crippen LogP contribution is 2.37. The summed E-state index contributed by atoms with van der Waals surface area (Å²) in [7, 11) is 11.1. The van der Waals surface area contributed by atoms with Crippen LogP contribution in [0, 0.1) is 23.7 Å². The summed E-state index contributed by atoms with van der Waals surface area (Å²) >= 11 is 6.11. The molecule has 2 saturated heterocycles. The highest BCUT2D eigenvalue weighted by Gasteiger charge is 2.50. The fraction of sp³-hybridized carbons (Fsp3) is 0.739. The second-order valence-corrected chi connectivity index (χ2v) is 28.9. The standard InChI is InChI=1S/C69H108ClF3N12O12/c1-16-44(6)58-65(95)79(10)40-56(88)77(8)41-57(89)82(13)52(37-46-25-19-17-20-26-46)63(93)78(9)39-54(86)74-50(30-28-47-27-29-48(49(70)36-47)69(71,72)73)62(92)80(11)45(7)60(90)76-68(31-21-22-32-68)67(97)84(15)59(43(4)5)66(96)83(14)53(64(94)85-33-23-18-24-34-85)38-55(87)81(12)51(35-42(2)3)61(91)75-58/h27,29,36,42-46,50-53,58-59H,16-26,28,30-35,37-41H2,1-15H3,(H,74,86)(H,75,91)(H,76,90)/t44-,45-,50-,51-,52-,53-,58-,59-/m0/s1. The van der Waals surface area contributed by atoms with Crippen LogP contribution >= 0.6 is 11.6 Å². The highest BCUT2D eigenvalue weighted by atomic mass is 35.5. The van der Waals surface area contributed by atoms with Gasteiger partial charge in [-0.3, -0.25) is 57.5 Å². The van der Waals surface area contributed by atoms with Crippen molar-refractivity contribution in [3.63, 3.8) is 0 Å². The third-order valence-electron chi connectivity index (χ3n) is 20.4. The van der Waals surface area contributed by atoms with Crippen molar-refractivity contribution in [3.05, 3.63) is 34.3 Å². The van der Waals surface area contributed by atoms with Crippen LogP contribution in [0.25, 0.3) is 0 Å². The van der Waals surface area contributed by atoms with Gasteiger partial charge in [0.15, 0.2) is 0 Å². The number of aryl methyl sites for hydroxylation is 1. The number of carbonyl (C=O) groups excluding carboxylic acids is 12. The van der Waals surface area contributed by atoms with E-state index in [1.54, 1.807) is 25.7 Å². The maximum absolute atomic E-state index is 15.3. The van der Waals surface area contributed by atoms with Crippen LogP contribution < -0.4 is 16.0 Å². The zero-order chi connectivity index (χ0) is 72.7. The predicted octanol–water partition coefficient (Wildman–Crippen LogP) is 5.35. The number of halogens is 4. The number of rotatable bonds is 11. The Balaban J connectivity index is 1.60. The third-order valence-corrected chi connectivity index (χ3v) is 20.7. The molecule has 544 valence electrons. The lowest BCUT2D eigenvalue weighted by Crippen LogP contribution is -2.65. The van der Waals surface area contributed by atoms with Crippen molar-refractivity contribution < 1.29 is 70.7 Å². The Kier molecular flexibility index (Phi) is 29.6. The topological polar surface area (TPSA) is 270 Å². The summed E-state index contributed by atoms with van der Waals surface area (Å²) in [5, 5.41) is 7.91. The number of likely N-dealkylation sites (N-methyl/N-ethyl adjacent to an activating group) is 8. The van der Waals surface area contributed by atoms with E-state index in [9.17, 15) is 61.1 Å². The zero-order valence-electron chi connectivity index (χ0n) is 59.8. The van der Waals surface area contributed by atoms with E-state index >= 15 is 9.59 Å². The molecule has 97 heavy (non-hydrogen) atoms. The zero-order valence-corrected chi connectivity index (χ0v) is 60.5. The molecule has 28 heteroatoms. The lowest BCUT2D eigenvalue weighted by molar-refractivity contribution is -0.156. The summed E-state index contributed by atoms with van der Waals surface area (Å²) in [6.45, 7) is 11.1. The van der Waals surface area contributed by atoms with Crippen molar-refractivity contribution in [2.45, 2.75) is 218 Å². The average Bonchev–Trinajstić information content (AvgIpc) is 1.61. The van der Waals surface area contributed by atoms with Gasteiger partial charge in [-0.2, -0.15) is 13.2 Å². The first-order chi connectivity index (χ1) is 45.4. The van der Waals surface area contributed by atoms with Crippen LogP contribution in [0.15, 0.2) is 18.2 Å². The molecular weight excluding hydrogens is 1280 g/mol. The van der Waals surface area contributed by atoms with Gasteiger partial charge in [-0.1, -0.05) is 111 Å². The molecule has 24 nitrogen and oxygen atoms in total. The van der Waals surface area contributed by atoms with Crippen molar-refractivity contribution in [2.75, 3.05) is 89.1 Å². The first-order valence-corrected chi connectivity index (χ1v) is 34.9. The summed E-state index contributed by atoms with van der Waals surface area (Å²) in [6.07, 6.45) is 2.80. The fourth-order valence-electron chi connectivity index (χ4n) is 13.7. The van der Waals surface area contributed by atoms with E-state index in [1.807, 2.05) is 20.8 Å². The van der Waals surface area contributed by atoms with E-state index in [2.05, 4.69) is 16.0 Å². The van der Waals surface area contributed by atoms with Gasteiger partial charge in [0, 0.05) is 69.5 Å². The summed E-state index contributed by atoms with van der Waals surface area (Å²) < 4.78 is 41.4. The molecule has 2 saturated carbocycles. The SMILES string of the molecule is CC[C@H](C)[C@@H]1NC(=O)[C@H](CC(C)C)N(C)C(=O)C[C@@H](C(=O)N2CCCCC2)N(C)C(=O)[C@H](C(C)C)N(C)C(=O)C2(CCCC2)NC(=O)[C@H](C)N(C)C(=O)[C@H](CCc2ccc(C(F)(F)F)c(Cl)c2)NC(=O)CN(C)C(=O)[C@H](CC2CCCCC2)N(C)C(=O)CN(C)C(=O)CN(C)C1=O. The minimum absolute atomic E-state index is 0.0130.